The molecule has 0 spiro atoms. The molecule has 3 heteroatoms. The third-order valence-electron chi connectivity index (χ3n) is 3.95. The molecule has 2 aliphatic rings. The predicted molar refractivity (Wildman–Crippen MR) is 78.4 cm³/mol. The number of rotatable bonds is 0. The van der Waals surface area contributed by atoms with E-state index in [0.29, 0.717) is 12.2 Å². The van der Waals surface area contributed by atoms with Crippen LogP contribution in [0.2, 0.25) is 0 Å². The Morgan fingerprint density at radius 2 is 2.00 bits per heavy atom. The Labute approximate surface area is 116 Å². The highest BCUT2D eigenvalue weighted by molar-refractivity contribution is 6.03. The fraction of sp³-hybridized carbons (Fsp3) is 0.118. The minimum absolute atomic E-state index is 0.0403. The molecule has 3 nitrogen and oxygen atoms in total. The van der Waals surface area contributed by atoms with Gasteiger partial charge in [0.2, 0.25) is 0 Å². The van der Waals surface area contributed by atoms with Gasteiger partial charge < -0.3 is 10.1 Å². The number of ketones is 1. The summed E-state index contributed by atoms with van der Waals surface area (Å²) in [4.78, 5) is 12.1. The normalized spacial score (nSPS) is 17.4. The van der Waals surface area contributed by atoms with Gasteiger partial charge in [-0.3, -0.25) is 4.79 Å². The van der Waals surface area contributed by atoms with Crippen LogP contribution in [0.5, 0.6) is 0 Å². The highest BCUT2D eigenvalue weighted by Gasteiger charge is 2.29. The molecule has 0 saturated carbocycles. The quantitative estimate of drug-likeness (QED) is 0.793. The zero-order valence-electron chi connectivity index (χ0n) is 10.9. The topological polar surface area (TPSA) is 38.3 Å². The summed E-state index contributed by atoms with van der Waals surface area (Å²) in [5.74, 6) is 0.594. The van der Waals surface area contributed by atoms with Crippen molar-refractivity contribution in [1.82, 2.24) is 0 Å². The van der Waals surface area contributed by atoms with Crippen molar-refractivity contribution in [3.8, 4) is 0 Å². The van der Waals surface area contributed by atoms with E-state index in [9.17, 15) is 4.79 Å². The number of nitrogens with one attached hydrogen (secondary N) is 1. The first kappa shape index (κ1) is 11.3. The van der Waals surface area contributed by atoms with Gasteiger partial charge in [0.25, 0.3) is 0 Å². The van der Waals surface area contributed by atoms with Crippen molar-refractivity contribution in [2.45, 2.75) is 6.42 Å². The Balaban J connectivity index is 1.93. The summed E-state index contributed by atoms with van der Waals surface area (Å²) >= 11 is 0. The number of carbonyl (C=O) groups is 1. The molecule has 2 aromatic rings. The smallest absolute Gasteiger partial charge is 0.198 e. The van der Waals surface area contributed by atoms with Gasteiger partial charge >= 0.3 is 0 Å². The first-order valence-corrected chi connectivity index (χ1v) is 6.60. The zero-order valence-corrected chi connectivity index (χ0v) is 10.9. The zero-order chi connectivity index (χ0) is 13.7. The lowest BCUT2D eigenvalue weighted by molar-refractivity contribution is -0.119. The number of ether oxygens (including phenoxy) is 1. The number of hydrogen-bond acceptors (Lipinski definition) is 3. The predicted octanol–water partition coefficient (Wildman–Crippen LogP) is 3.17. The average molecular weight is 263 g/mol. The number of fused-ring (bicyclic) bond motifs is 3. The van der Waals surface area contributed by atoms with E-state index >= 15 is 0 Å². The summed E-state index contributed by atoms with van der Waals surface area (Å²) < 4.78 is 5.30. The van der Waals surface area contributed by atoms with E-state index in [-0.39, 0.29) is 12.4 Å². The van der Waals surface area contributed by atoms with Crippen molar-refractivity contribution >= 4 is 22.2 Å². The second kappa shape index (κ2) is 3.97. The van der Waals surface area contributed by atoms with Crippen molar-refractivity contribution in [2.75, 3.05) is 11.9 Å². The second-order valence-electron chi connectivity index (χ2n) is 5.10. The molecule has 0 fully saturated rings. The van der Waals surface area contributed by atoms with Crippen LogP contribution < -0.4 is 5.32 Å². The minimum atomic E-state index is 0.0403. The summed E-state index contributed by atoms with van der Waals surface area (Å²) in [7, 11) is 0. The fourth-order valence-electron chi connectivity index (χ4n) is 2.91. The molecule has 98 valence electrons. The Morgan fingerprint density at radius 1 is 1.15 bits per heavy atom. The maximum absolute atomic E-state index is 12.1. The Bertz CT molecular complexity index is 802. The molecular weight excluding hydrogens is 250 g/mol. The second-order valence-corrected chi connectivity index (χ2v) is 5.10. The van der Waals surface area contributed by atoms with E-state index in [1.807, 2.05) is 18.2 Å². The van der Waals surface area contributed by atoms with Crippen molar-refractivity contribution in [3.05, 3.63) is 65.6 Å². The van der Waals surface area contributed by atoms with Crippen LogP contribution in [0.1, 0.15) is 5.56 Å². The molecule has 0 unspecified atom stereocenters. The van der Waals surface area contributed by atoms with E-state index in [4.69, 9.17) is 4.74 Å². The Kier molecular flexibility index (Phi) is 2.24. The molecule has 0 amide bonds. The molecule has 2 aliphatic heterocycles. The average Bonchev–Trinajstić information content (AvgIpc) is 2.50. The number of carbonyl (C=O) groups excluding carboxylic acids is 1. The van der Waals surface area contributed by atoms with Gasteiger partial charge in [0, 0.05) is 17.7 Å². The highest BCUT2D eigenvalue weighted by atomic mass is 16.5. The summed E-state index contributed by atoms with van der Waals surface area (Å²) in [6, 6.07) is 12.4. The van der Waals surface area contributed by atoms with E-state index in [0.717, 1.165) is 17.0 Å². The molecule has 2 aromatic carbocycles. The standard InChI is InChI=1S/C17H13NO2/c1-10-17-14(16(19)9-20-10)8-13-12-5-3-2-4-11(12)6-7-15(13)18-17/h2-7,18H,1,8-9H2. The Hall–Kier alpha value is -2.55. The summed E-state index contributed by atoms with van der Waals surface area (Å²) in [6.07, 6.45) is 0.639. The van der Waals surface area contributed by atoms with Gasteiger partial charge in [-0.25, -0.2) is 0 Å². The summed E-state index contributed by atoms with van der Waals surface area (Å²) in [5.41, 5.74) is 3.72. The SMILES string of the molecule is C=C1OCC(=O)C2=C1Nc1ccc3ccccc3c1C2. The van der Waals surface area contributed by atoms with Gasteiger partial charge in [-0.2, -0.15) is 0 Å². The van der Waals surface area contributed by atoms with E-state index in [1.165, 1.54) is 16.3 Å². The van der Waals surface area contributed by atoms with Crippen LogP contribution in [0, 0.1) is 0 Å². The largest absolute Gasteiger partial charge is 0.484 e. The monoisotopic (exact) mass is 263 g/mol. The maximum Gasteiger partial charge on any atom is 0.198 e. The molecule has 4 rings (SSSR count). The minimum Gasteiger partial charge on any atom is -0.484 e. The summed E-state index contributed by atoms with van der Waals surface area (Å²) in [5, 5.41) is 5.68. The van der Waals surface area contributed by atoms with Gasteiger partial charge in [0.15, 0.2) is 12.4 Å². The Morgan fingerprint density at radius 3 is 2.90 bits per heavy atom. The van der Waals surface area contributed by atoms with E-state index < -0.39 is 0 Å². The molecule has 0 aliphatic carbocycles. The number of Topliss-reactive ketones (excluding diaryl/α,β-unsaturated/α-hetero) is 1. The first-order valence-electron chi connectivity index (χ1n) is 6.60. The molecule has 0 saturated heterocycles. The van der Waals surface area contributed by atoms with Crippen molar-refractivity contribution in [3.63, 3.8) is 0 Å². The third-order valence-corrected chi connectivity index (χ3v) is 3.95. The van der Waals surface area contributed by atoms with Crippen LogP contribution in [0.3, 0.4) is 0 Å². The van der Waals surface area contributed by atoms with Crippen LogP contribution in [-0.4, -0.2) is 12.4 Å². The van der Waals surface area contributed by atoms with Gasteiger partial charge in [-0.05, 0) is 22.4 Å². The number of anilines is 1. The van der Waals surface area contributed by atoms with E-state index in [2.05, 4.69) is 30.1 Å². The lowest BCUT2D eigenvalue weighted by Crippen LogP contribution is -2.28. The molecule has 20 heavy (non-hydrogen) atoms. The lowest BCUT2D eigenvalue weighted by Gasteiger charge is -2.29. The molecule has 0 atom stereocenters. The lowest BCUT2D eigenvalue weighted by atomic mass is 9.89. The number of benzene rings is 2. The summed E-state index contributed by atoms with van der Waals surface area (Å²) in [6.45, 7) is 3.97. The first-order chi connectivity index (χ1) is 9.74. The van der Waals surface area contributed by atoms with Crippen LogP contribution >= 0.6 is 0 Å². The number of hydrogen-bond donors (Lipinski definition) is 1. The van der Waals surface area contributed by atoms with Crippen molar-refractivity contribution in [2.24, 2.45) is 0 Å². The van der Waals surface area contributed by atoms with Gasteiger partial charge in [0.05, 0.1) is 5.70 Å². The molecule has 0 aromatic heterocycles. The molecule has 2 heterocycles. The van der Waals surface area contributed by atoms with E-state index in [1.54, 1.807) is 0 Å². The molecule has 0 radical (unpaired) electrons. The fourth-order valence-corrected chi connectivity index (χ4v) is 2.91. The van der Waals surface area contributed by atoms with Crippen molar-refractivity contribution < 1.29 is 9.53 Å². The third kappa shape index (κ3) is 1.50. The van der Waals surface area contributed by atoms with Crippen molar-refractivity contribution in [1.29, 1.82) is 0 Å². The van der Waals surface area contributed by atoms with Gasteiger partial charge in [0.1, 0.15) is 5.76 Å². The molecule has 1 N–H and O–H groups in total. The molecular formula is C17H13NO2. The van der Waals surface area contributed by atoms with Crippen LogP contribution in [0.4, 0.5) is 5.69 Å². The van der Waals surface area contributed by atoms with Crippen LogP contribution in [0.15, 0.2) is 60.0 Å². The van der Waals surface area contributed by atoms with Gasteiger partial charge in [-0.1, -0.05) is 36.9 Å². The van der Waals surface area contributed by atoms with Gasteiger partial charge in [-0.15, -0.1) is 0 Å². The van der Waals surface area contributed by atoms with Crippen LogP contribution in [-0.2, 0) is 16.0 Å². The maximum atomic E-state index is 12.1. The highest BCUT2D eigenvalue weighted by Crippen LogP contribution is 2.37. The molecule has 0 bridgehead atoms. The van der Waals surface area contributed by atoms with Crippen LogP contribution in [0.25, 0.3) is 10.8 Å².